The van der Waals surface area contributed by atoms with Crippen molar-refractivity contribution in [3.63, 3.8) is 0 Å². The van der Waals surface area contributed by atoms with Crippen LogP contribution < -0.4 is 5.32 Å². The molecule has 3 rings (SSSR count). The first-order chi connectivity index (χ1) is 11.2. The fourth-order valence-electron chi connectivity index (χ4n) is 2.59. The molecule has 0 bridgehead atoms. The van der Waals surface area contributed by atoms with Gasteiger partial charge in [-0.1, -0.05) is 42.1 Å². The first-order valence-corrected chi connectivity index (χ1v) is 9.07. The van der Waals surface area contributed by atoms with Crippen LogP contribution in [-0.4, -0.2) is 26.4 Å². The van der Waals surface area contributed by atoms with E-state index in [0.717, 1.165) is 23.1 Å². The number of nitrogens with one attached hydrogen (secondary N) is 1. The Labute approximate surface area is 140 Å². The second-order valence-electron chi connectivity index (χ2n) is 5.85. The Morgan fingerprint density at radius 3 is 2.74 bits per heavy atom. The lowest BCUT2D eigenvalue weighted by Gasteiger charge is -2.14. The lowest BCUT2D eigenvalue weighted by Crippen LogP contribution is -2.28. The van der Waals surface area contributed by atoms with Crippen LogP contribution in [0.4, 0.5) is 0 Å². The molecule has 1 N–H and O–H groups in total. The summed E-state index contributed by atoms with van der Waals surface area (Å²) in [6.45, 7) is 4.94. The van der Waals surface area contributed by atoms with Crippen molar-refractivity contribution in [2.45, 2.75) is 50.4 Å². The highest BCUT2D eigenvalue weighted by molar-refractivity contribution is 7.99. The van der Waals surface area contributed by atoms with Gasteiger partial charge in [-0.25, -0.2) is 0 Å². The van der Waals surface area contributed by atoms with E-state index in [0.29, 0.717) is 11.7 Å². The molecule has 0 aliphatic heterocycles. The van der Waals surface area contributed by atoms with Gasteiger partial charge in [-0.2, -0.15) is 0 Å². The van der Waals surface area contributed by atoms with Crippen LogP contribution in [0.2, 0.25) is 0 Å². The van der Waals surface area contributed by atoms with Gasteiger partial charge in [0.1, 0.15) is 5.82 Å². The molecule has 2 aromatic rings. The normalized spacial score (nSPS) is 15.4. The topological polar surface area (TPSA) is 59.8 Å². The van der Waals surface area contributed by atoms with Crippen molar-refractivity contribution in [1.29, 1.82) is 0 Å². The second kappa shape index (κ2) is 7.17. The average Bonchev–Trinajstić information content (AvgIpc) is 3.33. The van der Waals surface area contributed by atoms with Gasteiger partial charge in [-0.05, 0) is 32.3 Å². The highest BCUT2D eigenvalue weighted by atomic mass is 32.2. The van der Waals surface area contributed by atoms with Crippen molar-refractivity contribution < 1.29 is 4.79 Å². The predicted octanol–water partition coefficient (Wildman–Crippen LogP) is 3.14. The Morgan fingerprint density at radius 1 is 1.35 bits per heavy atom. The molecule has 23 heavy (non-hydrogen) atoms. The zero-order valence-electron chi connectivity index (χ0n) is 13.5. The maximum absolute atomic E-state index is 12.2. The van der Waals surface area contributed by atoms with Crippen molar-refractivity contribution in [3.8, 4) is 0 Å². The number of nitrogens with zero attached hydrogens (tertiary/aromatic N) is 3. The van der Waals surface area contributed by atoms with E-state index < -0.39 is 0 Å². The SMILES string of the molecule is CCn1c(SCC(=O)NC(C)c2ccccc2)nnc1C1CC1. The molecule has 1 aromatic carbocycles. The van der Waals surface area contributed by atoms with E-state index in [1.165, 1.54) is 24.6 Å². The van der Waals surface area contributed by atoms with Crippen LogP contribution in [-0.2, 0) is 11.3 Å². The number of benzene rings is 1. The number of thioether (sulfide) groups is 1. The number of carbonyl (C=O) groups excluding carboxylic acids is 1. The van der Waals surface area contributed by atoms with Crippen molar-refractivity contribution in [2.75, 3.05) is 5.75 Å². The Kier molecular flexibility index (Phi) is 5.00. The Morgan fingerprint density at radius 2 is 2.09 bits per heavy atom. The van der Waals surface area contributed by atoms with E-state index in [-0.39, 0.29) is 11.9 Å². The summed E-state index contributed by atoms with van der Waals surface area (Å²) in [4.78, 5) is 12.2. The third-order valence-corrected chi connectivity index (χ3v) is 4.98. The van der Waals surface area contributed by atoms with E-state index in [4.69, 9.17) is 0 Å². The van der Waals surface area contributed by atoms with E-state index >= 15 is 0 Å². The predicted molar refractivity (Wildman–Crippen MR) is 91.4 cm³/mol. The molecule has 5 nitrogen and oxygen atoms in total. The third kappa shape index (κ3) is 3.93. The maximum atomic E-state index is 12.2. The van der Waals surface area contributed by atoms with Gasteiger partial charge < -0.3 is 9.88 Å². The summed E-state index contributed by atoms with van der Waals surface area (Å²) in [7, 11) is 0. The summed E-state index contributed by atoms with van der Waals surface area (Å²) in [6, 6.07) is 9.99. The Hall–Kier alpha value is -1.82. The summed E-state index contributed by atoms with van der Waals surface area (Å²) < 4.78 is 2.14. The van der Waals surface area contributed by atoms with E-state index in [1.807, 2.05) is 37.3 Å². The van der Waals surface area contributed by atoms with Crippen molar-refractivity contribution >= 4 is 17.7 Å². The molecule has 1 fully saturated rings. The summed E-state index contributed by atoms with van der Waals surface area (Å²) in [5.41, 5.74) is 1.11. The van der Waals surface area contributed by atoms with Gasteiger partial charge in [0.05, 0.1) is 11.8 Å². The van der Waals surface area contributed by atoms with Crippen LogP contribution in [0.5, 0.6) is 0 Å². The standard InChI is InChI=1S/C17H22N4OS/c1-3-21-16(14-9-10-14)19-20-17(21)23-11-15(22)18-12(2)13-7-5-4-6-8-13/h4-8,12,14H,3,9-11H2,1-2H3,(H,18,22). The van der Waals surface area contributed by atoms with Crippen molar-refractivity contribution in [1.82, 2.24) is 20.1 Å². The summed E-state index contributed by atoms with van der Waals surface area (Å²) in [5, 5.41) is 12.4. The van der Waals surface area contributed by atoms with Gasteiger partial charge in [-0.3, -0.25) is 4.79 Å². The highest BCUT2D eigenvalue weighted by Gasteiger charge is 2.30. The van der Waals surface area contributed by atoms with Gasteiger partial charge >= 0.3 is 0 Å². The van der Waals surface area contributed by atoms with Crippen LogP contribution >= 0.6 is 11.8 Å². The first-order valence-electron chi connectivity index (χ1n) is 8.09. The molecule has 1 unspecified atom stereocenters. The summed E-state index contributed by atoms with van der Waals surface area (Å²) >= 11 is 1.46. The largest absolute Gasteiger partial charge is 0.349 e. The number of hydrogen-bond acceptors (Lipinski definition) is 4. The van der Waals surface area contributed by atoms with Crippen LogP contribution in [0.1, 0.15) is 50.0 Å². The molecule has 1 atom stereocenters. The number of carbonyl (C=O) groups is 1. The number of amides is 1. The molecular formula is C17H22N4OS. The second-order valence-corrected chi connectivity index (χ2v) is 6.79. The minimum absolute atomic E-state index is 0.00960. The zero-order chi connectivity index (χ0) is 16.2. The van der Waals surface area contributed by atoms with Gasteiger partial charge in [0.2, 0.25) is 5.91 Å². The molecule has 0 saturated heterocycles. The quantitative estimate of drug-likeness (QED) is 0.792. The van der Waals surface area contributed by atoms with Gasteiger partial charge in [0.15, 0.2) is 5.16 Å². The zero-order valence-corrected chi connectivity index (χ0v) is 14.3. The van der Waals surface area contributed by atoms with Crippen LogP contribution in [0.15, 0.2) is 35.5 Å². The van der Waals surface area contributed by atoms with Crippen LogP contribution in [0, 0.1) is 0 Å². The lowest BCUT2D eigenvalue weighted by molar-refractivity contribution is -0.119. The highest BCUT2D eigenvalue weighted by Crippen LogP contribution is 2.39. The number of rotatable bonds is 7. The van der Waals surface area contributed by atoms with Gasteiger partial charge in [-0.15, -0.1) is 10.2 Å². The molecule has 0 radical (unpaired) electrons. The molecule has 1 aliphatic carbocycles. The van der Waals surface area contributed by atoms with Crippen LogP contribution in [0.25, 0.3) is 0 Å². The molecule has 1 aromatic heterocycles. The van der Waals surface area contributed by atoms with E-state index in [9.17, 15) is 4.79 Å². The molecule has 122 valence electrons. The summed E-state index contributed by atoms with van der Waals surface area (Å²) in [5.74, 6) is 2.03. The monoisotopic (exact) mass is 330 g/mol. The summed E-state index contributed by atoms with van der Waals surface area (Å²) in [6.07, 6.45) is 2.41. The average molecular weight is 330 g/mol. The maximum Gasteiger partial charge on any atom is 0.230 e. The fourth-order valence-corrected chi connectivity index (χ4v) is 3.41. The molecule has 1 amide bonds. The third-order valence-electron chi connectivity index (χ3n) is 4.01. The van der Waals surface area contributed by atoms with Crippen molar-refractivity contribution in [3.05, 3.63) is 41.7 Å². The smallest absolute Gasteiger partial charge is 0.230 e. The van der Waals surface area contributed by atoms with Crippen molar-refractivity contribution in [2.24, 2.45) is 0 Å². The number of hydrogen-bond donors (Lipinski definition) is 1. The molecule has 1 saturated carbocycles. The molecule has 1 heterocycles. The first kappa shape index (κ1) is 16.1. The lowest BCUT2D eigenvalue weighted by atomic mass is 10.1. The van der Waals surface area contributed by atoms with Crippen LogP contribution in [0.3, 0.4) is 0 Å². The van der Waals surface area contributed by atoms with E-state index in [1.54, 1.807) is 0 Å². The molecule has 0 spiro atoms. The minimum atomic E-state index is 0.00960. The Balaban J connectivity index is 1.55. The molecule has 1 aliphatic rings. The molecular weight excluding hydrogens is 308 g/mol. The molecule has 6 heteroatoms. The van der Waals surface area contributed by atoms with E-state index in [2.05, 4.69) is 27.0 Å². The van der Waals surface area contributed by atoms with Gasteiger partial charge in [0.25, 0.3) is 0 Å². The van der Waals surface area contributed by atoms with Gasteiger partial charge in [0, 0.05) is 12.5 Å². The fraction of sp³-hybridized carbons (Fsp3) is 0.471. The Bertz CT molecular complexity index is 666. The number of aromatic nitrogens is 3. The minimum Gasteiger partial charge on any atom is -0.349 e.